The van der Waals surface area contributed by atoms with Crippen LogP contribution in [0.5, 0.6) is 0 Å². The summed E-state index contributed by atoms with van der Waals surface area (Å²) in [5.41, 5.74) is 6.24. The highest BCUT2D eigenvalue weighted by atomic mass is 127. The minimum atomic E-state index is 0. The van der Waals surface area contributed by atoms with Crippen molar-refractivity contribution in [1.29, 1.82) is 0 Å². The molecule has 72 valence electrons. The van der Waals surface area contributed by atoms with Crippen LogP contribution in [0.1, 0.15) is 0 Å². The number of halogens is 2. The Kier molecular flexibility index (Phi) is 6.53. The molecular formula is C8H10ClIN2S. The van der Waals surface area contributed by atoms with Crippen LogP contribution in [0, 0.1) is 0 Å². The second-order valence-electron chi connectivity index (χ2n) is 2.11. The smallest absolute Gasteiger partial charge is 0.158 e. The molecule has 0 unspecified atom stereocenters. The molecule has 2 N–H and O–H groups in total. The molecule has 0 saturated heterocycles. The molecule has 0 saturated carbocycles. The molecule has 13 heavy (non-hydrogen) atoms. The summed E-state index contributed by atoms with van der Waals surface area (Å²) in [7, 11) is 0. The van der Waals surface area contributed by atoms with Gasteiger partial charge >= 0.3 is 0 Å². The Morgan fingerprint density at radius 2 is 2.08 bits per heavy atom. The van der Waals surface area contributed by atoms with E-state index in [1.807, 2.05) is 24.5 Å². The largest absolute Gasteiger partial charge is 0.378 e. The van der Waals surface area contributed by atoms with E-state index >= 15 is 0 Å². The third-order valence-electron chi connectivity index (χ3n) is 1.29. The summed E-state index contributed by atoms with van der Waals surface area (Å²) in [5, 5.41) is 1.14. The molecule has 0 amide bonds. The molecule has 0 bridgehead atoms. The highest BCUT2D eigenvalue weighted by molar-refractivity contribution is 14.0. The number of amidine groups is 1. The van der Waals surface area contributed by atoms with Crippen LogP contribution in [-0.4, -0.2) is 11.4 Å². The molecule has 5 heteroatoms. The molecule has 0 aliphatic heterocycles. The maximum Gasteiger partial charge on any atom is 0.158 e. The molecule has 1 aromatic carbocycles. The molecule has 0 spiro atoms. The van der Waals surface area contributed by atoms with Gasteiger partial charge in [-0.15, -0.1) is 24.0 Å². The monoisotopic (exact) mass is 328 g/mol. The predicted octanol–water partition coefficient (Wildman–Crippen LogP) is 3.27. The van der Waals surface area contributed by atoms with Crippen molar-refractivity contribution in [1.82, 2.24) is 0 Å². The quantitative estimate of drug-likeness (QED) is 0.488. The van der Waals surface area contributed by atoms with Gasteiger partial charge in [0.05, 0.1) is 10.7 Å². The second kappa shape index (κ2) is 6.50. The van der Waals surface area contributed by atoms with Gasteiger partial charge in [0.15, 0.2) is 5.17 Å². The summed E-state index contributed by atoms with van der Waals surface area (Å²) < 4.78 is 0. The fraction of sp³-hybridized carbons (Fsp3) is 0.125. The van der Waals surface area contributed by atoms with E-state index in [4.69, 9.17) is 17.3 Å². The Hall–Kier alpha value is 0.0600. The molecule has 0 aliphatic carbocycles. The lowest BCUT2D eigenvalue weighted by Crippen LogP contribution is -2.04. The minimum absolute atomic E-state index is 0. The Labute approximate surface area is 104 Å². The van der Waals surface area contributed by atoms with Crippen LogP contribution in [0.15, 0.2) is 29.3 Å². The zero-order valence-electron chi connectivity index (χ0n) is 7.03. The lowest BCUT2D eigenvalue weighted by atomic mass is 10.3. The van der Waals surface area contributed by atoms with Crippen molar-refractivity contribution < 1.29 is 0 Å². The van der Waals surface area contributed by atoms with Crippen molar-refractivity contribution in [3.05, 3.63) is 29.3 Å². The van der Waals surface area contributed by atoms with Gasteiger partial charge in [0, 0.05) is 0 Å². The van der Waals surface area contributed by atoms with Crippen molar-refractivity contribution >= 4 is 58.2 Å². The lowest BCUT2D eigenvalue weighted by molar-refractivity contribution is 1.51. The molecular weight excluding hydrogens is 319 g/mol. The van der Waals surface area contributed by atoms with Gasteiger partial charge in [-0.3, -0.25) is 0 Å². The van der Waals surface area contributed by atoms with Gasteiger partial charge < -0.3 is 5.73 Å². The van der Waals surface area contributed by atoms with Crippen LogP contribution >= 0.6 is 47.3 Å². The van der Waals surface area contributed by atoms with Gasteiger partial charge in [-0.2, -0.15) is 0 Å². The summed E-state index contributed by atoms with van der Waals surface area (Å²) >= 11 is 7.25. The Bertz CT molecular complexity index is 304. The number of para-hydroxylation sites is 1. The number of hydrogen-bond acceptors (Lipinski definition) is 2. The molecule has 1 aromatic rings. The van der Waals surface area contributed by atoms with Crippen LogP contribution in [-0.2, 0) is 0 Å². The first-order valence-corrected chi connectivity index (χ1v) is 4.97. The van der Waals surface area contributed by atoms with Crippen LogP contribution in [0.2, 0.25) is 5.02 Å². The molecule has 0 fully saturated rings. The number of thioether (sulfide) groups is 1. The lowest BCUT2D eigenvalue weighted by Gasteiger charge is -1.97. The van der Waals surface area contributed by atoms with E-state index in [-0.39, 0.29) is 24.0 Å². The molecule has 0 heterocycles. The van der Waals surface area contributed by atoms with Gasteiger partial charge in [0.1, 0.15) is 0 Å². The first-order valence-electron chi connectivity index (χ1n) is 3.36. The summed E-state index contributed by atoms with van der Waals surface area (Å²) in [5.74, 6) is 0. The molecule has 1 rings (SSSR count). The average Bonchev–Trinajstić information content (AvgIpc) is 2.09. The SMILES string of the molecule is CSC(N)=Nc1ccccc1Cl.I. The van der Waals surface area contributed by atoms with Crippen molar-refractivity contribution in [2.45, 2.75) is 0 Å². The number of hydrogen-bond donors (Lipinski definition) is 1. The number of nitrogens with zero attached hydrogens (tertiary/aromatic N) is 1. The van der Waals surface area contributed by atoms with Crippen LogP contribution < -0.4 is 5.73 Å². The summed E-state index contributed by atoms with van der Waals surface area (Å²) in [6.07, 6.45) is 1.87. The van der Waals surface area contributed by atoms with Gasteiger partial charge in [-0.05, 0) is 18.4 Å². The third-order valence-corrected chi connectivity index (χ3v) is 2.12. The standard InChI is InChI=1S/C8H9ClN2S.HI/c1-12-8(10)11-7-5-3-2-4-6(7)9;/h2-5H,1H3,(H2,10,11);1H. The zero-order chi connectivity index (χ0) is 8.97. The first-order chi connectivity index (χ1) is 5.74. The van der Waals surface area contributed by atoms with Crippen molar-refractivity contribution in [2.24, 2.45) is 10.7 Å². The number of rotatable bonds is 1. The Morgan fingerprint density at radius 3 is 2.62 bits per heavy atom. The molecule has 0 radical (unpaired) electrons. The Morgan fingerprint density at radius 1 is 1.46 bits per heavy atom. The summed E-state index contributed by atoms with van der Waals surface area (Å²) in [4.78, 5) is 4.10. The van der Waals surface area contributed by atoms with E-state index in [2.05, 4.69) is 4.99 Å². The fourth-order valence-electron chi connectivity index (χ4n) is 0.707. The van der Waals surface area contributed by atoms with Crippen molar-refractivity contribution in [2.75, 3.05) is 6.26 Å². The second-order valence-corrected chi connectivity index (χ2v) is 3.34. The summed E-state index contributed by atoms with van der Waals surface area (Å²) in [6.45, 7) is 0. The van der Waals surface area contributed by atoms with Gasteiger partial charge in [-0.25, -0.2) is 4.99 Å². The zero-order valence-corrected chi connectivity index (χ0v) is 10.9. The van der Waals surface area contributed by atoms with Crippen molar-refractivity contribution in [3.63, 3.8) is 0 Å². The molecule has 0 atom stereocenters. The van der Waals surface area contributed by atoms with E-state index in [1.165, 1.54) is 11.8 Å². The predicted molar refractivity (Wildman–Crippen MR) is 71.7 cm³/mol. The number of nitrogens with two attached hydrogens (primary N) is 1. The highest BCUT2D eigenvalue weighted by Crippen LogP contribution is 2.24. The van der Waals surface area contributed by atoms with E-state index in [1.54, 1.807) is 6.07 Å². The maximum atomic E-state index is 5.85. The summed E-state index contributed by atoms with van der Waals surface area (Å²) in [6, 6.07) is 7.34. The van der Waals surface area contributed by atoms with E-state index < -0.39 is 0 Å². The average molecular weight is 329 g/mol. The molecule has 0 aromatic heterocycles. The van der Waals surface area contributed by atoms with Crippen molar-refractivity contribution in [3.8, 4) is 0 Å². The number of benzene rings is 1. The van der Waals surface area contributed by atoms with E-state index in [0.717, 1.165) is 0 Å². The Balaban J connectivity index is 0.00000144. The normalized spacial score (nSPS) is 10.8. The maximum absolute atomic E-state index is 5.85. The first kappa shape index (κ1) is 13.1. The molecule has 0 aliphatic rings. The highest BCUT2D eigenvalue weighted by Gasteiger charge is 1.96. The van der Waals surface area contributed by atoms with Crippen LogP contribution in [0.3, 0.4) is 0 Å². The van der Waals surface area contributed by atoms with Gasteiger partial charge in [-0.1, -0.05) is 35.5 Å². The van der Waals surface area contributed by atoms with Gasteiger partial charge in [0.2, 0.25) is 0 Å². The number of aliphatic imine (C=N–C) groups is 1. The van der Waals surface area contributed by atoms with Gasteiger partial charge in [0.25, 0.3) is 0 Å². The third kappa shape index (κ3) is 4.19. The van der Waals surface area contributed by atoms with E-state index in [0.29, 0.717) is 15.9 Å². The van der Waals surface area contributed by atoms with Crippen LogP contribution in [0.25, 0.3) is 0 Å². The van der Waals surface area contributed by atoms with E-state index in [9.17, 15) is 0 Å². The topological polar surface area (TPSA) is 38.4 Å². The van der Waals surface area contributed by atoms with Crippen LogP contribution in [0.4, 0.5) is 5.69 Å². The fourth-order valence-corrected chi connectivity index (χ4v) is 1.07. The minimum Gasteiger partial charge on any atom is -0.378 e. The molecule has 2 nitrogen and oxygen atoms in total.